The van der Waals surface area contributed by atoms with E-state index in [1.807, 2.05) is 36.7 Å². The molecule has 0 atom stereocenters. The molecule has 0 bridgehead atoms. The van der Waals surface area contributed by atoms with Crippen LogP contribution in [-0.2, 0) is 6.54 Å². The number of pyridine rings is 1. The van der Waals surface area contributed by atoms with Crippen molar-refractivity contribution < 1.29 is 0 Å². The van der Waals surface area contributed by atoms with Crippen molar-refractivity contribution >= 4 is 0 Å². The van der Waals surface area contributed by atoms with Crippen molar-refractivity contribution in [3.63, 3.8) is 0 Å². The van der Waals surface area contributed by atoms with Crippen LogP contribution in [0.4, 0.5) is 0 Å². The Labute approximate surface area is 108 Å². The Morgan fingerprint density at radius 1 is 1.28 bits per heavy atom. The Morgan fingerprint density at radius 2 is 2.06 bits per heavy atom. The summed E-state index contributed by atoms with van der Waals surface area (Å²) in [4.78, 5) is 4.63. The van der Waals surface area contributed by atoms with E-state index >= 15 is 0 Å². The summed E-state index contributed by atoms with van der Waals surface area (Å²) in [7, 11) is 0. The highest BCUT2D eigenvalue weighted by Crippen LogP contribution is 2.10. The highest BCUT2D eigenvalue weighted by molar-refractivity contribution is 5.27. The summed E-state index contributed by atoms with van der Waals surface area (Å²) in [6.45, 7) is 9.08. The third kappa shape index (κ3) is 2.96. The van der Waals surface area contributed by atoms with Crippen LogP contribution < -0.4 is 5.32 Å². The second kappa shape index (κ2) is 5.31. The predicted octanol–water partition coefficient (Wildman–Crippen LogP) is 2.38. The van der Waals surface area contributed by atoms with E-state index < -0.39 is 0 Å². The Kier molecular flexibility index (Phi) is 3.77. The first-order chi connectivity index (χ1) is 8.56. The molecule has 0 aromatic carbocycles. The topological polar surface area (TPSA) is 42.7 Å². The maximum Gasteiger partial charge on any atom is 0.153 e. The van der Waals surface area contributed by atoms with Gasteiger partial charge in [-0.15, -0.1) is 0 Å². The van der Waals surface area contributed by atoms with E-state index in [4.69, 9.17) is 0 Å². The Balaban J connectivity index is 2.24. The van der Waals surface area contributed by atoms with Crippen molar-refractivity contribution in [1.29, 1.82) is 0 Å². The first-order valence-electron chi connectivity index (χ1n) is 6.29. The third-order valence-electron chi connectivity index (χ3n) is 2.71. The molecule has 0 unspecified atom stereocenters. The van der Waals surface area contributed by atoms with Gasteiger partial charge in [0.15, 0.2) is 5.82 Å². The van der Waals surface area contributed by atoms with Crippen LogP contribution in [0.2, 0.25) is 0 Å². The molecular formula is C14H20N4. The summed E-state index contributed by atoms with van der Waals surface area (Å²) < 4.78 is 1.88. The van der Waals surface area contributed by atoms with Crippen molar-refractivity contribution in [3.8, 4) is 5.82 Å². The van der Waals surface area contributed by atoms with E-state index in [1.165, 1.54) is 0 Å². The molecule has 0 fully saturated rings. The van der Waals surface area contributed by atoms with Gasteiger partial charge in [0.1, 0.15) is 0 Å². The Hall–Kier alpha value is -1.68. The number of hydrogen-bond donors (Lipinski definition) is 1. The minimum absolute atomic E-state index is 0.462. The molecule has 2 rings (SSSR count). The molecule has 2 aromatic heterocycles. The van der Waals surface area contributed by atoms with Crippen LogP contribution in [0.5, 0.6) is 0 Å². The molecule has 0 amide bonds. The zero-order chi connectivity index (χ0) is 13.1. The molecule has 0 saturated heterocycles. The molecule has 0 aliphatic carbocycles. The molecule has 0 aliphatic heterocycles. The van der Waals surface area contributed by atoms with Gasteiger partial charge in [-0.2, -0.15) is 5.10 Å². The van der Waals surface area contributed by atoms with Gasteiger partial charge in [0.05, 0.1) is 11.4 Å². The van der Waals surface area contributed by atoms with E-state index in [0.717, 1.165) is 29.4 Å². The van der Waals surface area contributed by atoms with Gasteiger partial charge in [-0.1, -0.05) is 19.9 Å². The summed E-state index contributed by atoms with van der Waals surface area (Å²) in [5.74, 6) is 0.878. The Bertz CT molecular complexity index is 528. The fourth-order valence-corrected chi connectivity index (χ4v) is 1.85. The lowest BCUT2D eigenvalue weighted by Crippen LogP contribution is -2.22. The first kappa shape index (κ1) is 12.8. The van der Waals surface area contributed by atoms with E-state index in [0.29, 0.717) is 6.04 Å². The third-order valence-corrected chi connectivity index (χ3v) is 2.71. The summed E-state index contributed by atoms with van der Waals surface area (Å²) in [6.07, 6.45) is 0. The van der Waals surface area contributed by atoms with Crippen LogP contribution in [0.15, 0.2) is 24.3 Å². The van der Waals surface area contributed by atoms with Crippen LogP contribution in [0.25, 0.3) is 5.82 Å². The van der Waals surface area contributed by atoms with E-state index in [-0.39, 0.29) is 0 Å². The van der Waals surface area contributed by atoms with Crippen molar-refractivity contribution in [2.45, 2.75) is 40.3 Å². The molecule has 0 spiro atoms. The minimum Gasteiger partial charge on any atom is -0.309 e. The number of aryl methyl sites for hydroxylation is 2. The van der Waals surface area contributed by atoms with Gasteiger partial charge in [0.25, 0.3) is 0 Å². The molecule has 0 aliphatic rings. The molecule has 4 nitrogen and oxygen atoms in total. The van der Waals surface area contributed by atoms with Gasteiger partial charge in [0, 0.05) is 18.3 Å². The molecule has 2 heterocycles. The second-order valence-electron chi connectivity index (χ2n) is 4.86. The standard InChI is InChI=1S/C14H20N4/c1-10(2)15-9-13-6-5-7-14(16-13)18-12(4)8-11(3)17-18/h5-8,10,15H,9H2,1-4H3. The van der Waals surface area contributed by atoms with Crippen molar-refractivity contribution in [1.82, 2.24) is 20.1 Å². The molecule has 18 heavy (non-hydrogen) atoms. The highest BCUT2D eigenvalue weighted by Gasteiger charge is 2.05. The highest BCUT2D eigenvalue weighted by atomic mass is 15.3. The van der Waals surface area contributed by atoms with Gasteiger partial charge in [-0.05, 0) is 32.0 Å². The van der Waals surface area contributed by atoms with Gasteiger partial charge >= 0.3 is 0 Å². The Morgan fingerprint density at radius 3 is 2.67 bits per heavy atom. The first-order valence-corrected chi connectivity index (χ1v) is 6.29. The quantitative estimate of drug-likeness (QED) is 0.898. The summed E-state index contributed by atoms with van der Waals surface area (Å²) in [5, 5.41) is 7.82. The van der Waals surface area contributed by atoms with Crippen LogP contribution in [0, 0.1) is 13.8 Å². The number of nitrogens with one attached hydrogen (secondary N) is 1. The molecule has 96 valence electrons. The van der Waals surface area contributed by atoms with Gasteiger partial charge in [-0.3, -0.25) is 0 Å². The van der Waals surface area contributed by atoms with Gasteiger partial charge < -0.3 is 5.32 Å². The number of aromatic nitrogens is 3. The van der Waals surface area contributed by atoms with Crippen molar-refractivity contribution in [2.75, 3.05) is 0 Å². The lowest BCUT2D eigenvalue weighted by molar-refractivity contribution is 0.580. The molecule has 2 aromatic rings. The summed E-state index contributed by atoms with van der Waals surface area (Å²) >= 11 is 0. The maximum atomic E-state index is 4.63. The fourth-order valence-electron chi connectivity index (χ4n) is 1.85. The van der Waals surface area contributed by atoms with Crippen LogP contribution in [0.3, 0.4) is 0 Å². The summed E-state index contributed by atoms with van der Waals surface area (Å²) in [5.41, 5.74) is 3.16. The second-order valence-corrected chi connectivity index (χ2v) is 4.86. The number of nitrogens with zero attached hydrogens (tertiary/aromatic N) is 3. The number of hydrogen-bond acceptors (Lipinski definition) is 3. The zero-order valence-corrected chi connectivity index (χ0v) is 11.4. The molecule has 4 heteroatoms. The molecule has 0 radical (unpaired) electrons. The average Bonchev–Trinajstić information content (AvgIpc) is 2.66. The largest absolute Gasteiger partial charge is 0.309 e. The van der Waals surface area contributed by atoms with Crippen molar-refractivity contribution in [3.05, 3.63) is 41.3 Å². The monoisotopic (exact) mass is 244 g/mol. The van der Waals surface area contributed by atoms with Crippen LogP contribution >= 0.6 is 0 Å². The van der Waals surface area contributed by atoms with E-state index in [1.54, 1.807) is 0 Å². The van der Waals surface area contributed by atoms with Crippen LogP contribution in [0.1, 0.15) is 30.9 Å². The molecule has 1 N–H and O–H groups in total. The SMILES string of the molecule is Cc1cc(C)n(-c2cccc(CNC(C)C)n2)n1. The van der Waals surface area contributed by atoms with E-state index in [9.17, 15) is 0 Å². The lowest BCUT2D eigenvalue weighted by Gasteiger charge is -2.09. The molecular weight excluding hydrogens is 224 g/mol. The normalized spacial score (nSPS) is 11.2. The smallest absolute Gasteiger partial charge is 0.153 e. The van der Waals surface area contributed by atoms with Crippen molar-refractivity contribution in [2.24, 2.45) is 0 Å². The lowest BCUT2D eigenvalue weighted by atomic mass is 10.3. The fraction of sp³-hybridized carbons (Fsp3) is 0.429. The predicted molar refractivity (Wildman–Crippen MR) is 72.8 cm³/mol. The maximum absolute atomic E-state index is 4.63. The van der Waals surface area contributed by atoms with E-state index in [2.05, 4.69) is 35.3 Å². The van der Waals surface area contributed by atoms with Crippen LogP contribution in [-0.4, -0.2) is 20.8 Å². The zero-order valence-electron chi connectivity index (χ0n) is 11.4. The molecule has 0 saturated carbocycles. The average molecular weight is 244 g/mol. The van der Waals surface area contributed by atoms with Gasteiger partial charge in [0.2, 0.25) is 0 Å². The van der Waals surface area contributed by atoms with Gasteiger partial charge in [-0.25, -0.2) is 9.67 Å². The minimum atomic E-state index is 0.462. The summed E-state index contributed by atoms with van der Waals surface area (Å²) in [6, 6.07) is 8.56. The number of rotatable bonds is 4.